The Labute approximate surface area is 304 Å². The first kappa shape index (κ1) is 34.1. The van der Waals surface area contributed by atoms with Crippen LogP contribution in [0.1, 0.15) is 33.2 Å². The highest BCUT2D eigenvalue weighted by Crippen LogP contribution is 2.34. The van der Waals surface area contributed by atoms with Crippen LogP contribution in [0.4, 0.5) is 0 Å². The molecule has 0 aliphatic heterocycles. The summed E-state index contributed by atoms with van der Waals surface area (Å²) < 4.78 is 14.0. The number of aromatic hydroxyl groups is 2. The third-order valence-corrected chi connectivity index (χ3v) is 9.79. The van der Waals surface area contributed by atoms with E-state index >= 15 is 0 Å². The Bertz CT molecular complexity index is 2520. The van der Waals surface area contributed by atoms with E-state index in [1.54, 1.807) is 72.0 Å². The van der Waals surface area contributed by atoms with Gasteiger partial charge in [0.25, 0.3) is 0 Å². The molecule has 0 unspecified atom stereocenters. The van der Waals surface area contributed by atoms with Gasteiger partial charge in [0.05, 0.1) is 46.7 Å². The Balaban J connectivity index is 0.000000162. The van der Waals surface area contributed by atoms with Crippen molar-refractivity contribution in [3.8, 4) is 44.3 Å². The number of hydrogen-bond donors (Lipinski definition) is 2. The maximum Gasteiger partial charge on any atom is 0.350 e. The predicted octanol–water partition coefficient (Wildman–Crippen LogP) is 8.06. The largest absolute Gasteiger partial charge is 0.508 e. The molecule has 0 radical (unpaired) electrons. The van der Waals surface area contributed by atoms with Gasteiger partial charge in [0.2, 0.25) is 0 Å². The van der Waals surface area contributed by atoms with E-state index in [9.17, 15) is 19.8 Å². The molecule has 4 heterocycles. The first-order chi connectivity index (χ1) is 25.3. The minimum atomic E-state index is -0.401. The summed E-state index contributed by atoms with van der Waals surface area (Å²) in [5.41, 5.74) is 5.75. The van der Waals surface area contributed by atoms with Gasteiger partial charge in [0.15, 0.2) is 10.3 Å². The Kier molecular flexibility index (Phi) is 9.73. The molecule has 0 fully saturated rings. The molecule has 260 valence electrons. The van der Waals surface area contributed by atoms with Gasteiger partial charge in [-0.2, -0.15) is 0 Å². The summed E-state index contributed by atoms with van der Waals surface area (Å²) in [7, 11) is 0. The molecular weight excluding hydrogens is 701 g/mol. The number of carbonyl (C=O) groups is 2. The number of imidazole rings is 2. The number of hydrogen-bond acceptors (Lipinski definition) is 12. The summed E-state index contributed by atoms with van der Waals surface area (Å²) in [5, 5.41) is 20.6. The van der Waals surface area contributed by atoms with Gasteiger partial charge < -0.3 is 19.7 Å². The van der Waals surface area contributed by atoms with Crippen LogP contribution in [0.3, 0.4) is 0 Å². The number of esters is 2. The van der Waals surface area contributed by atoms with Gasteiger partial charge in [-0.1, -0.05) is 83.3 Å². The summed E-state index contributed by atoms with van der Waals surface area (Å²) >= 11 is 2.49. The van der Waals surface area contributed by atoms with Gasteiger partial charge in [-0.25, -0.2) is 29.5 Å². The SMILES string of the molecule is CCOC(=O)c1sc(-n2cnc3cc(O)ccc32)nc1-c1ccccc1.CCOC(=O)c1sc(-n2cnc3ccc(O)cc32)nc1-c1ccccc1. The Morgan fingerprint density at radius 2 is 1.10 bits per heavy atom. The number of carbonyl (C=O) groups excluding carboxylic acids is 2. The van der Waals surface area contributed by atoms with Gasteiger partial charge in [-0.05, 0) is 38.1 Å². The van der Waals surface area contributed by atoms with Crippen LogP contribution in [0, 0.1) is 0 Å². The number of fused-ring (bicyclic) bond motifs is 2. The van der Waals surface area contributed by atoms with Gasteiger partial charge >= 0.3 is 11.9 Å². The summed E-state index contributed by atoms with van der Waals surface area (Å²) in [4.78, 5) is 43.7. The average Bonchev–Trinajstić information content (AvgIpc) is 3.97. The van der Waals surface area contributed by atoms with E-state index in [-0.39, 0.29) is 11.5 Å². The average molecular weight is 731 g/mol. The van der Waals surface area contributed by atoms with Crippen molar-refractivity contribution in [3.63, 3.8) is 0 Å². The number of rotatable bonds is 8. The Morgan fingerprint density at radius 1 is 0.615 bits per heavy atom. The molecule has 8 aromatic rings. The van der Waals surface area contributed by atoms with Gasteiger partial charge in [-0.15, -0.1) is 0 Å². The third kappa shape index (κ3) is 6.84. The molecule has 4 aromatic heterocycles. The van der Waals surface area contributed by atoms with Crippen molar-refractivity contribution in [1.82, 2.24) is 29.1 Å². The quantitative estimate of drug-likeness (QED) is 0.147. The van der Waals surface area contributed by atoms with Crippen molar-refractivity contribution in [1.29, 1.82) is 0 Å². The lowest BCUT2D eigenvalue weighted by atomic mass is 10.1. The molecule has 2 N–H and O–H groups in total. The zero-order valence-corrected chi connectivity index (χ0v) is 29.5. The van der Waals surface area contributed by atoms with Crippen LogP contribution in [0.25, 0.3) is 54.8 Å². The van der Waals surface area contributed by atoms with Gasteiger partial charge in [0.1, 0.15) is 33.9 Å². The lowest BCUT2D eigenvalue weighted by Crippen LogP contribution is -2.03. The topological polar surface area (TPSA) is 154 Å². The number of phenolic OH excluding ortho intramolecular Hbond substituents is 2. The maximum atomic E-state index is 12.4. The Morgan fingerprint density at radius 3 is 1.63 bits per heavy atom. The second-order valence-corrected chi connectivity index (χ2v) is 13.1. The smallest absolute Gasteiger partial charge is 0.350 e. The van der Waals surface area contributed by atoms with E-state index in [0.29, 0.717) is 55.7 Å². The first-order valence-corrected chi connectivity index (χ1v) is 17.8. The van der Waals surface area contributed by atoms with E-state index in [1.165, 1.54) is 22.7 Å². The molecular formula is C38H30N6O6S2. The molecule has 0 aliphatic rings. The van der Waals surface area contributed by atoms with Crippen LogP contribution in [-0.4, -0.2) is 64.4 Å². The molecule has 4 aromatic carbocycles. The van der Waals surface area contributed by atoms with Crippen LogP contribution >= 0.6 is 22.7 Å². The number of nitrogens with zero attached hydrogens (tertiary/aromatic N) is 6. The van der Waals surface area contributed by atoms with Crippen molar-refractivity contribution < 1.29 is 29.3 Å². The van der Waals surface area contributed by atoms with Crippen molar-refractivity contribution >= 4 is 56.7 Å². The molecule has 14 heteroatoms. The lowest BCUT2D eigenvalue weighted by Gasteiger charge is -2.01. The molecule has 0 aliphatic carbocycles. The minimum Gasteiger partial charge on any atom is -0.508 e. The molecule has 0 bridgehead atoms. The zero-order valence-electron chi connectivity index (χ0n) is 27.8. The fourth-order valence-electron chi connectivity index (χ4n) is 5.38. The normalized spacial score (nSPS) is 11.0. The lowest BCUT2D eigenvalue weighted by molar-refractivity contribution is 0.0523. The highest BCUT2D eigenvalue weighted by atomic mass is 32.1. The molecule has 52 heavy (non-hydrogen) atoms. The third-order valence-electron chi connectivity index (χ3n) is 7.72. The molecule has 12 nitrogen and oxygen atoms in total. The van der Waals surface area contributed by atoms with Crippen LogP contribution < -0.4 is 0 Å². The van der Waals surface area contributed by atoms with E-state index < -0.39 is 11.9 Å². The van der Waals surface area contributed by atoms with Crippen LogP contribution in [0.15, 0.2) is 110 Å². The fourth-order valence-corrected chi connectivity index (χ4v) is 7.31. The molecule has 0 amide bonds. The van der Waals surface area contributed by atoms with E-state index in [4.69, 9.17) is 9.47 Å². The number of phenols is 2. The highest BCUT2D eigenvalue weighted by Gasteiger charge is 2.23. The summed E-state index contributed by atoms with van der Waals surface area (Å²) in [5.74, 6) is -0.497. The van der Waals surface area contributed by atoms with Gasteiger partial charge in [0, 0.05) is 23.3 Å². The number of aromatic nitrogens is 6. The van der Waals surface area contributed by atoms with Gasteiger partial charge in [-0.3, -0.25) is 9.13 Å². The van der Waals surface area contributed by atoms with E-state index in [2.05, 4.69) is 19.9 Å². The molecule has 0 atom stereocenters. The van der Waals surface area contributed by atoms with Crippen LogP contribution in [0.2, 0.25) is 0 Å². The number of ether oxygens (including phenoxy) is 2. The number of thiazole rings is 2. The van der Waals surface area contributed by atoms with Crippen LogP contribution in [-0.2, 0) is 9.47 Å². The molecule has 0 saturated carbocycles. The van der Waals surface area contributed by atoms with E-state index in [0.717, 1.165) is 22.2 Å². The fraction of sp³-hybridized carbons (Fsp3) is 0.105. The Hall–Kier alpha value is -6.38. The minimum absolute atomic E-state index is 0.143. The van der Waals surface area contributed by atoms with E-state index in [1.807, 2.05) is 60.7 Å². The molecule has 0 saturated heterocycles. The zero-order chi connectivity index (χ0) is 36.2. The molecule has 8 rings (SSSR count). The second kappa shape index (κ2) is 14.8. The van der Waals surface area contributed by atoms with Crippen molar-refractivity contribution in [2.75, 3.05) is 13.2 Å². The van der Waals surface area contributed by atoms with Crippen molar-refractivity contribution in [3.05, 3.63) is 119 Å². The highest BCUT2D eigenvalue weighted by molar-refractivity contribution is 7.16. The standard InChI is InChI=1S/2C19H15N3O3S/c1-2-25-18(24)17-16(12-6-4-3-5-7-12)21-19(26-17)22-11-20-14-10-13(23)8-9-15(14)22;1-2-25-18(24)17-16(12-6-4-3-5-7-12)21-19(26-17)22-11-20-14-9-8-13(23)10-15(14)22/h2*3-11,23H,2H2,1H3. The predicted molar refractivity (Wildman–Crippen MR) is 200 cm³/mol. The maximum absolute atomic E-state index is 12.4. The monoisotopic (exact) mass is 730 g/mol. The summed E-state index contributed by atoms with van der Waals surface area (Å²) in [6.07, 6.45) is 3.26. The summed E-state index contributed by atoms with van der Waals surface area (Å²) in [6, 6.07) is 28.9. The second-order valence-electron chi connectivity index (χ2n) is 11.1. The molecule has 0 spiro atoms. The number of benzene rings is 4. The van der Waals surface area contributed by atoms with Crippen molar-refractivity contribution in [2.24, 2.45) is 0 Å². The summed E-state index contributed by atoms with van der Waals surface area (Å²) in [6.45, 7) is 4.14. The van der Waals surface area contributed by atoms with Crippen molar-refractivity contribution in [2.45, 2.75) is 13.8 Å². The van der Waals surface area contributed by atoms with Crippen LogP contribution in [0.5, 0.6) is 11.5 Å². The first-order valence-electron chi connectivity index (χ1n) is 16.1.